The number of hydrogen-bond acceptors (Lipinski definition) is 4. The minimum Gasteiger partial charge on any atom is -0.337 e. The fourth-order valence-electron chi connectivity index (χ4n) is 2.63. The molecule has 1 aliphatic rings. The Bertz CT molecular complexity index is 597. The average Bonchev–Trinajstić information content (AvgIpc) is 2.46. The van der Waals surface area contributed by atoms with Crippen molar-refractivity contribution in [1.29, 1.82) is 0 Å². The van der Waals surface area contributed by atoms with E-state index < -0.39 is 4.92 Å². The molecule has 1 amide bonds. The van der Waals surface area contributed by atoms with Gasteiger partial charge in [0, 0.05) is 42.6 Å². The molecule has 6 heteroatoms. The summed E-state index contributed by atoms with van der Waals surface area (Å²) in [7, 11) is 0. The van der Waals surface area contributed by atoms with Gasteiger partial charge in [0.15, 0.2) is 0 Å². The fraction of sp³-hybridized carbons (Fsp3) is 0.467. The predicted molar refractivity (Wildman–Crippen MR) is 77.1 cm³/mol. The van der Waals surface area contributed by atoms with Crippen LogP contribution in [-0.2, 0) is 4.79 Å². The summed E-state index contributed by atoms with van der Waals surface area (Å²) in [4.78, 5) is 36.1. The standard InChI is InChI=1S/C15H18N2O4/c1-3-11-9-16(7-6-14(11)18)15(19)12-4-5-13(17(20)21)10(2)8-12/h4-5,8,11H,3,6-7,9H2,1-2H3. The number of benzene rings is 1. The molecule has 0 aliphatic carbocycles. The lowest BCUT2D eigenvalue weighted by molar-refractivity contribution is -0.385. The maximum atomic E-state index is 12.4. The zero-order chi connectivity index (χ0) is 15.6. The lowest BCUT2D eigenvalue weighted by atomic mass is 9.93. The molecule has 0 radical (unpaired) electrons. The van der Waals surface area contributed by atoms with E-state index in [-0.39, 0.29) is 23.3 Å². The molecule has 2 rings (SSSR count). The SMILES string of the molecule is CCC1CN(C(=O)c2ccc([N+](=O)[O-])c(C)c2)CCC1=O. The van der Waals surface area contributed by atoms with E-state index in [0.717, 1.165) is 6.42 Å². The van der Waals surface area contributed by atoms with E-state index in [1.165, 1.54) is 18.2 Å². The molecular formula is C15H18N2O4. The second-order valence-corrected chi connectivity index (χ2v) is 5.33. The van der Waals surface area contributed by atoms with Crippen molar-refractivity contribution in [1.82, 2.24) is 4.90 Å². The molecular weight excluding hydrogens is 272 g/mol. The van der Waals surface area contributed by atoms with Gasteiger partial charge < -0.3 is 4.90 Å². The van der Waals surface area contributed by atoms with Gasteiger partial charge in [0.25, 0.3) is 11.6 Å². The molecule has 0 aromatic heterocycles. The van der Waals surface area contributed by atoms with Crippen molar-refractivity contribution in [3.05, 3.63) is 39.4 Å². The molecule has 1 saturated heterocycles. The number of nitrogens with zero attached hydrogens (tertiary/aromatic N) is 2. The largest absolute Gasteiger partial charge is 0.337 e. The van der Waals surface area contributed by atoms with Gasteiger partial charge in [-0.3, -0.25) is 19.7 Å². The molecule has 0 bridgehead atoms. The Kier molecular flexibility index (Phi) is 4.35. The average molecular weight is 290 g/mol. The molecule has 1 heterocycles. The van der Waals surface area contributed by atoms with Gasteiger partial charge in [0.2, 0.25) is 0 Å². The van der Waals surface area contributed by atoms with Crippen LogP contribution in [0.1, 0.15) is 35.7 Å². The van der Waals surface area contributed by atoms with E-state index in [1.807, 2.05) is 6.92 Å². The molecule has 21 heavy (non-hydrogen) atoms. The Morgan fingerprint density at radius 2 is 2.19 bits per heavy atom. The highest BCUT2D eigenvalue weighted by Crippen LogP contribution is 2.22. The summed E-state index contributed by atoms with van der Waals surface area (Å²) < 4.78 is 0. The van der Waals surface area contributed by atoms with Crippen LogP contribution in [0.25, 0.3) is 0 Å². The molecule has 6 nitrogen and oxygen atoms in total. The van der Waals surface area contributed by atoms with Gasteiger partial charge in [-0.1, -0.05) is 6.92 Å². The van der Waals surface area contributed by atoms with Crippen LogP contribution in [0, 0.1) is 23.0 Å². The number of nitro groups is 1. The molecule has 0 spiro atoms. The maximum absolute atomic E-state index is 12.4. The zero-order valence-electron chi connectivity index (χ0n) is 12.2. The minimum atomic E-state index is -0.462. The Morgan fingerprint density at radius 3 is 2.76 bits per heavy atom. The highest BCUT2D eigenvalue weighted by Gasteiger charge is 2.29. The Hall–Kier alpha value is -2.24. The van der Waals surface area contributed by atoms with Gasteiger partial charge in [0.05, 0.1) is 4.92 Å². The number of hydrogen-bond donors (Lipinski definition) is 0. The fourth-order valence-corrected chi connectivity index (χ4v) is 2.63. The monoisotopic (exact) mass is 290 g/mol. The van der Waals surface area contributed by atoms with Crippen molar-refractivity contribution in [3.63, 3.8) is 0 Å². The molecule has 1 atom stereocenters. The number of Topliss-reactive ketones (excluding diaryl/α,β-unsaturated/α-hetero) is 1. The molecule has 1 fully saturated rings. The van der Waals surface area contributed by atoms with E-state index in [4.69, 9.17) is 0 Å². The normalized spacial score (nSPS) is 18.7. The molecule has 0 N–H and O–H groups in total. The van der Waals surface area contributed by atoms with Crippen molar-refractivity contribution in [2.24, 2.45) is 5.92 Å². The summed E-state index contributed by atoms with van der Waals surface area (Å²) in [5.41, 5.74) is 0.903. The Morgan fingerprint density at radius 1 is 1.48 bits per heavy atom. The zero-order valence-corrected chi connectivity index (χ0v) is 12.2. The first-order chi connectivity index (χ1) is 9.93. The second-order valence-electron chi connectivity index (χ2n) is 5.33. The minimum absolute atomic E-state index is 0.00630. The molecule has 112 valence electrons. The van der Waals surface area contributed by atoms with Crippen LogP contribution in [-0.4, -0.2) is 34.6 Å². The number of carbonyl (C=O) groups is 2. The van der Waals surface area contributed by atoms with Crippen LogP contribution in [0.5, 0.6) is 0 Å². The first-order valence-electron chi connectivity index (χ1n) is 7.01. The summed E-state index contributed by atoms with van der Waals surface area (Å²) in [5, 5.41) is 10.8. The third-order valence-electron chi connectivity index (χ3n) is 3.94. The molecule has 1 aromatic rings. The van der Waals surface area contributed by atoms with Crippen LogP contribution < -0.4 is 0 Å². The number of piperidine rings is 1. The number of ketones is 1. The van der Waals surface area contributed by atoms with Gasteiger partial charge in [-0.15, -0.1) is 0 Å². The van der Waals surface area contributed by atoms with E-state index in [1.54, 1.807) is 11.8 Å². The van der Waals surface area contributed by atoms with Crippen LogP contribution in [0.4, 0.5) is 5.69 Å². The van der Waals surface area contributed by atoms with Crippen LogP contribution in [0.2, 0.25) is 0 Å². The number of carbonyl (C=O) groups excluding carboxylic acids is 2. The van der Waals surface area contributed by atoms with Crippen molar-refractivity contribution in [2.45, 2.75) is 26.7 Å². The van der Waals surface area contributed by atoms with Gasteiger partial charge in [0.1, 0.15) is 5.78 Å². The van der Waals surface area contributed by atoms with Crippen molar-refractivity contribution < 1.29 is 14.5 Å². The number of amides is 1. The Balaban J connectivity index is 2.18. The number of rotatable bonds is 3. The molecule has 1 unspecified atom stereocenters. The number of nitro benzene ring substituents is 1. The third-order valence-corrected chi connectivity index (χ3v) is 3.94. The summed E-state index contributed by atoms with van der Waals surface area (Å²) in [6, 6.07) is 4.37. The van der Waals surface area contributed by atoms with Crippen molar-refractivity contribution in [2.75, 3.05) is 13.1 Å². The smallest absolute Gasteiger partial charge is 0.272 e. The summed E-state index contributed by atoms with van der Waals surface area (Å²) in [6.45, 7) is 4.41. The highest BCUT2D eigenvalue weighted by atomic mass is 16.6. The topological polar surface area (TPSA) is 80.5 Å². The van der Waals surface area contributed by atoms with Gasteiger partial charge >= 0.3 is 0 Å². The number of likely N-dealkylation sites (tertiary alicyclic amines) is 1. The van der Waals surface area contributed by atoms with Crippen LogP contribution in [0.15, 0.2) is 18.2 Å². The Labute approximate surface area is 122 Å². The second kappa shape index (κ2) is 6.03. The van der Waals surface area contributed by atoms with Gasteiger partial charge in [-0.25, -0.2) is 0 Å². The maximum Gasteiger partial charge on any atom is 0.272 e. The van der Waals surface area contributed by atoms with Crippen molar-refractivity contribution in [3.8, 4) is 0 Å². The molecule has 1 aliphatic heterocycles. The van der Waals surface area contributed by atoms with E-state index in [2.05, 4.69) is 0 Å². The molecule has 1 aromatic carbocycles. The quantitative estimate of drug-likeness (QED) is 0.632. The summed E-state index contributed by atoms with van der Waals surface area (Å²) in [6.07, 6.45) is 1.11. The lowest BCUT2D eigenvalue weighted by Crippen LogP contribution is -2.43. The highest BCUT2D eigenvalue weighted by molar-refractivity contribution is 5.96. The molecule has 0 saturated carbocycles. The van der Waals surface area contributed by atoms with E-state index >= 15 is 0 Å². The van der Waals surface area contributed by atoms with Crippen LogP contribution >= 0.6 is 0 Å². The lowest BCUT2D eigenvalue weighted by Gasteiger charge is -2.31. The van der Waals surface area contributed by atoms with Crippen LogP contribution in [0.3, 0.4) is 0 Å². The summed E-state index contributed by atoms with van der Waals surface area (Å²) >= 11 is 0. The van der Waals surface area contributed by atoms with Gasteiger partial charge in [-0.2, -0.15) is 0 Å². The third kappa shape index (κ3) is 3.09. The van der Waals surface area contributed by atoms with E-state index in [0.29, 0.717) is 30.6 Å². The van der Waals surface area contributed by atoms with Crippen molar-refractivity contribution >= 4 is 17.4 Å². The van der Waals surface area contributed by atoms with Gasteiger partial charge in [-0.05, 0) is 25.5 Å². The predicted octanol–water partition coefficient (Wildman–Crippen LogP) is 2.34. The summed E-state index contributed by atoms with van der Waals surface area (Å²) in [5.74, 6) is -0.0535. The first-order valence-corrected chi connectivity index (χ1v) is 7.01. The number of aryl methyl sites for hydroxylation is 1. The van der Waals surface area contributed by atoms with E-state index in [9.17, 15) is 19.7 Å². The first kappa shape index (κ1) is 15.2.